The molecule has 144 valence electrons. The van der Waals surface area contributed by atoms with Crippen molar-refractivity contribution in [1.29, 1.82) is 0 Å². The molecular weight excluding hydrogens is 388 g/mol. The quantitative estimate of drug-likeness (QED) is 0.773. The zero-order valence-electron chi connectivity index (χ0n) is 14.6. The van der Waals surface area contributed by atoms with Crippen LogP contribution >= 0.6 is 0 Å². The first-order valence-corrected chi connectivity index (χ1v) is 11.6. The van der Waals surface area contributed by atoms with E-state index < -0.39 is 20.0 Å². The molecule has 0 N–H and O–H groups in total. The Kier molecular flexibility index (Phi) is 4.61. The lowest BCUT2D eigenvalue weighted by Crippen LogP contribution is -2.37. The Morgan fingerprint density at radius 2 is 1.33 bits per heavy atom. The summed E-state index contributed by atoms with van der Waals surface area (Å²) in [6.07, 6.45) is 1.70. The monoisotopic (exact) mass is 408 g/mol. The zero-order chi connectivity index (χ0) is 19.1. The summed E-state index contributed by atoms with van der Waals surface area (Å²) in [5, 5.41) is 0. The Hall–Kier alpha value is -2.10. The normalized spacial score (nSPS) is 18.1. The molecule has 2 aromatic carbocycles. The highest BCUT2D eigenvalue weighted by Gasteiger charge is 2.31. The average Bonchev–Trinajstić information content (AvgIpc) is 3.23. The smallest absolute Gasteiger partial charge is 0.264 e. The number of sulfonamides is 2. The maximum atomic E-state index is 13.1. The van der Waals surface area contributed by atoms with Crippen LogP contribution in [0.2, 0.25) is 0 Å². The molecule has 27 heavy (non-hydrogen) atoms. The van der Waals surface area contributed by atoms with Crippen LogP contribution in [0.25, 0.3) is 0 Å². The largest absolute Gasteiger partial charge is 0.489 e. The van der Waals surface area contributed by atoms with E-state index in [1.807, 2.05) is 0 Å². The van der Waals surface area contributed by atoms with Crippen molar-refractivity contribution in [2.24, 2.45) is 0 Å². The standard InChI is InChI=1S/C18H20N2O5S2/c21-26(22,19-11-3-4-12-19)15-7-9-16(10-8-15)27(23,24)20-13-14-25-18-6-2-1-5-17(18)20/h1-2,5-10H,3-4,11-14H2. The lowest BCUT2D eigenvalue weighted by molar-refractivity contribution is 0.316. The second-order valence-electron chi connectivity index (χ2n) is 6.48. The van der Waals surface area contributed by atoms with E-state index in [0.717, 1.165) is 12.8 Å². The predicted octanol–water partition coefficient (Wildman–Crippen LogP) is 2.06. The topological polar surface area (TPSA) is 84.0 Å². The van der Waals surface area contributed by atoms with Gasteiger partial charge in [0.05, 0.1) is 22.0 Å². The van der Waals surface area contributed by atoms with Crippen LogP contribution in [0.5, 0.6) is 5.75 Å². The summed E-state index contributed by atoms with van der Waals surface area (Å²) in [6.45, 7) is 1.48. The fraction of sp³-hybridized carbons (Fsp3) is 0.333. The van der Waals surface area contributed by atoms with Crippen LogP contribution < -0.4 is 9.04 Å². The molecule has 0 amide bonds. The van der Waals surface area contributed by atoms with E-state index in [4.69, 9.17) is 4.74 Å². The summed E-state index contributed by atoms with van der Waals surface area (Å²) in [5.74, 6) is 0.514. The second-order valence-corrected chi connectivity index (χ2v) is 10.3. The van der Waals surface area contributed by atoms with Gasteiger partial charge in [0.1, 0.15) is 12.4 Å². The van der Waals surface area contributed by atoms with Crippen molar-refractivity contribution in [2.45, 2.75) is 22.6 Å². The lowest BCUT2D eigenvalue weighted by atomic mass is 10.2. The van der Waals surface area contributed by atoms with Crippen LogP contribution in [-0.4, -0.2) is 47.4 Å². The molecule has 0 radical (unpaired) electrons. The van der Waals surface area contributed by atoms with Crippen LogP contribution in [0, 0.1) is 0 Å². The van der Waals surface area contributed by atoms with E-state index in [9.17, 15) is 16.8 Å². The number of hydrogen-bond acceptors (Lipinski definition) is 5. The van der Waals surface area contributed by atoms with Crippen LogP contribution in [0.4, 0.5) is 5.69 Å². The molecule has 0 spiro atoms. The van der Waals surface area contributed by atoms with Gasteiger partial charge in [-0.15, -0.1) is 0 Å². The second kappa shape index (κ2) is 6.81. The summed E-state index contributed by atoms with van der Waals surface area (Å²) in [7, 11) is -7.38. The SMILES string of the molecule is O=S(=O)(c1ccc(S(=O)(=O)N2CCOc3ccccc32)cc1)N1CCCC1. The Morgan fingerprint density at radius 3 is 2.00 bits per heavy atom. The number of anilines is 1. The van der Waals surface area contributed by atoms with Gasteiger partial charge in [-0.05, 0) is 49.2 Å². The molecule has 0 atom stereocenters. The first kappa shape index (κ1) is 18.3. The molecule has 2 aromatic rings. The van der Waals surface area contributed by atoms with Gasteiger partial charge < -0.3 is 4.74 Å². The Bertz CT molecular complexity index is 1040. The van der Waals surface area contributed by atoms with Gasteiger partial charge in [-0.25, -0.2) is 16.8 Å². The Morgan fingerprint density at radius 1 is 0.741 bits per heavy atom. The number of fused-ring (bicyclic) bond motifs is 1. The molecule has 7 nitrogen and oxygen atoms in total. The van der Waals surface area contributed by atoms with Crippen molar-refractivity contribution in [1.82, 2.24) is 4.31 Å². The molecule has 2 aliphatic heterocycles. The summed E-state index contributed by atoms with van der Waals surface area (Å²) in [6, 6.07) is 12.4. The fourth-order valence-corrected chi connectivity index (χ4v) is 6.36. The van der Waals surface area contributed by atoms with Gasteiger partial charge in [0.2, 0.25) is 10.0 Å². The highest BCUT2D eigenvalue weighted by Crippen LogP contribution is 2.35. The maximum absolute atomic E-state index is 13.1. The minimum absolute atomic E-state index is 0.0552. The number of rotatable bonds is 4. The molecule has 4 rings (SSSR count). The van der Waals surface area contributed by atoms with Gasteiger partial charge in [0.25, 0.3) is 10.0 Å². The van der Waals surface area contributed by atoms with Crippen LogP contribution in [0.3, 0.4) is 0 Å². The number of benzene rings is 2. The highest BCUT2D eigenvalue weighted by molar-refractivity contribution is 7.93. The summed E-state index contributed by atoms with van der Waals surface area (Å²) in [5.41, 5.74) is 0.484. The molecule has 0 aliphatic carbocycles. The van der Waals surface area contributed by atoms with Crippen LogP contribution in [-0.2, 0) is 20.0 Å². The third kappa shape index (κ3) is 3.19. The predicted molar refractivity (Wildman–Crippen MR) is 101 cm³/mol. The molecule has 1 saturated heterocycles. The average molecular weight is 409 g/mol. The van der Waals surface area contributed by atoms with Gasteiger partial charge in [-0.1, -0.05) is 12.1 Å². The number of ether oxygens (including phenoxy) is 1. The van der Waals surface area contributed by atoms with Crippen molar-refractivity contribution in [3.8, 4) is 5.75 Å². The van der Waals surface area contributed by atoms with Gasteiger partial charge in [0.15, 0.2) is 0 Å². The first-order valence-electron chi connectivity index (χ1n) is 8.75. The number of hydrogen-bond donors (Lipinski definition) is 0. The van der Waals surface area contributed by atoms with Crippen molar-refractivity contribution in [3.63, 3.8) is 0 Å². The van der Waals surface area contributed by atoms with E-state index in [1.165, 1.54) is 32.9 Å². The third-order valence-corrected chi connectivity index (χ3v) is 8.54. The van der Waals surface area contributed by atoms with E-state index in [2.05, 4.69) is 0 Å². The maximum Gasteiger partial charge on any atom is 0.264 e. The van der Waals surface area contributed by atoms with Crippen molar-refractivity contribution >= 4 is 25.7 Å². The van der Waals surface area contributed by atoms with Gasteiger partial charge >= 0.3 is 0 Å². The molecule has 0 aromatic heterocycles. The van der Waals surface area contributed by atoms with Gasteiger partial charge in [-0.2, -0.15) is 4.31 Å². The molecule has 1 fully saturated rings. The van der Waals surface area contributed by atoms with Crippen molar-refractivity contribution in [3.05, 3.63) is 48.5 Å². The summed E-state index contributed by atoms with van der Waals surface area (Å²) >= 11 is 0. The molecule has 2 aliphatic rings. The van der Waals surface area contributed by atoms with Gasteiger partial charge in [0, 0.05) is 13.1 Å². The van der Waals surface area contributed by atoms with Crippen LogP contribution in [0.1, 0.15) is 12.8 Å². The molecule has 0 bridgehead atoms. The first-order chi connectivity index (χ1) is 12.9. The van der Waals surface area contributed by atoms with E-state index in [0.29, 0.717) is 24.5 Å². The van der Waals surface area contributed by atoms with Gasteiger partial charge in [-0.3, -0.25) is 4.31 Å². The highest BCUT2D eigenvalue weighted by atomic mass is 32.2. The fourth-order valence-electron chi connectivity index (χ4n) is 3.38. The van der Waals surface area contributed by atoms with E-state index >= 15 is 0 Å². The summed E-state index contributed by atoms with van der Waals surface area (Å²) in [4.78, 5) is 0.172. The zero-order valence-corrected chi connectivity index (χ0v) is 16.2. The molecule has 0 saturated carbocycles. The lowest BCUT2D eigenvalue weighted by Gasteiger charge is -2.30. The summed E-state index contributed by atoms with van der Waals surface area (Å²) < 4.78 is 59.6. The minimum atomic E-state index is -3.81. The molecular formula is C18H20N2O5S2. The molecule has 2 heterocycles. The Balaban J connectivity index is 1.66. The number of nitrogens with zero attached hydrogens (tertiary/aromatic N) is 2. The van der Waals surface area contributed by atoms with Crippen molar-refractivity contribution in [2.75, 3.05) is 30.5 Å². The molecule has 9 heteroatoms. The minimum Gasteiger partial charge on any atom is -0.489 e. The van der Waals surface area contributed by atoms with E-state index in [1.54, 1.807) is 24.3 Å². The van der Waals surface area contributed by atoms with E-state index in [-0.39, 0.29) is 22.9 Å². The Labute approximate surface area is 159 Å². The number of para-hydroxylation sites is 2. The third-order valence-electron chi connectivity index (χ3n) is 4.80. The van der Waals surface area contributed by atoms with Crippen molar-refractivity contribution < 1.29 is 21.6 Å². The van der Waals surface area contributed by atoms with Crippen LogP contribution in [0.15, 0.2) is 58.3 Å². The molecule has 0 unspecified atom stereocenters.